The number of carbonyl (C=O) groups is 3. The lowest BCUT2D eigenvalue weighted by atomic mass is 10.1. The van der Waals surface area contributed by atoms with E-state index in [1.54, 1.807) is 38.1 Å². The Morgan fingerprint density at radius 1 is 1.20 bits per heavy atom. The van der Waals surface area contributed by atoms with Crippen molar-refractivity contribution in [1.82, 2.24) is 0 Å². The van der Waals surface area contributed by atoms with Gasteiger partial charge in [-0.3, -0.25) is 14.4 Å². The number of nitrogens with one attached hydrogen (secondary N) is 1. The van der Waals surface area contributed by atoms with Gasteiger partial charge in [-0.1, -0.05) is 0 Å². The Bertz CT molecular complexity index is 522. The molecular weight excluding hydrogens is 278 g/mol. The first-order chi connectivity index (χ1) is 9.22. The van der Waals surface area contributed by atoms with E-state index in [9.17, 15) is 14.4 Å². The lowest BCUT2D eigenvalue weighted by molar-refractivity contribution is -0.138. The Morgan fingerprint density at radius 3 is 2.20 bits per heavy atom. The zero-order chi connectivity index (χ0) is 15.3. The van der Waals surface area contributed by atoms with Crippen LogP contribution in [0.5, 0.6) is 0 Å². The third-order valence-electron chi connectivity index (χ3n) is 2.65. The molecule has 0 radical (unpaired) electrons. The number of hydrogen-bond donors (Lipinski definition) is 2. The van der Waals surface area contributed by atoms with Gasteiger partial charge < -0.3 is 10.4 Å². The molecule has 0 aliphatic carbocycles. The fourth-order valence-corrected chi connectivity index (χ4v) is 1.98. The predicted molar refractivity (Wildman–Crippen MR) is 79.2 cm³/mol. The van der Waals surface area contributed by atoms with Gasteiger partial charge in [0.1, 0.15) is 4.75 Å². The first-order valence-corrected chi connectivity index (χ1v) is 6.99. The van der Waals surface area contributed by atoms with Gasteiger partial charge in [0.15, 0.2) is 5.78 Å². The molecule has 0 saturated heterocycles. The highest BCUT2D eigenvalue weighted by Crippen LogP contribution is 2.24. The Labute approximate surface area is 121 Å². The number of amides is 1. The number of thioether (sulfide) groups is 1. The highest BCUT2D eigenvalue weighted by atomic mass is 32.2. The van der Waals surface area contributed by atoms with Crippen molar-refractivity contribution in [2.45, 2.75) is 25.5 Å². The predicted octanol–water partition coefficient (Wildman–Crippen LogP) is 2.42. The van der Waals surface area contributed by atoms with Crippen LogP contribution in [-0.4, -0.2) is 33.3 Å². The smallest absolute Gasteiger partial charge is 0.319 e. The van der Waals surface area contributed by atoms with Crippen LogP contribution in [0, 0.1) is 0 Å². The maximum absolute atomic E-state index is 11.7. The molecule has 0 atom stereocenters. The molecular formula is C14H17NO4S. The summed E-state index contributed by atoms with van der Waals surface area (Å²) in [6.45, 7) is 4.57. The van der Waals surface area contributed by atoms with E-state index in [0.29, 0.717) is 11.3 Å². The number of benzene rings is 1. The quantitative estimate of drug-likeness (QED) is 0.787. The van der Waals surface area contributed by atoms with Crippen LogP contribution in [0.15, 0.2) is 24.3 Å². The molecule has 108 valence electrons. The van der Waals surface area contributed by atoms with Gasteiger partial charge in [-0.05, 0) is 45.0 Å². The van der Waals surface area contributed by atoms with Gasteiger partial charge in [0, 0.05) is 11.3 Å². The van der Waals surface area contributed by atoms with Crippen molar-refractivity contribution in [3.63, 3.8) is 0 Å². The van der Waals surface area contributed by atoms with Crippen molar-refractivity contribution in [3.05, 3.63) is 29.8 Å². The van der Waals surface area contributed by atoms with Crippen molar-refractivity contribution in [1.29, 1.82) is 0 Å². The van der Waals surface area contributed by atoms with E-state index >= 15 is 0 Å². The second kappa shape index (κ2) is 6.56. The zero-order valence-corrected chi connectivity index (χ0v) is 12.4. The average molecular weight is 295 g/mol. The van der Waals surface area contributed by atoms with Crippen LogP contribution in [0.2, 0.25) is 0 Å². The molecule has 0 aliphatic heterocycles. The summed E-state index contributed by atoms with van der Waals surface area (Å²) < 4.78 is -1.00. The summed E-state index contributed by atoms with van der Waals surface area (Å²) in [5.74, 6) is -1.23. The molecule has 1 rings (SSSR count). The van der Waals surface area contributed by atoms with Gasteiger partial charge in [-0.25, -0.2) is 0 Å². The number of carbonyl (C=O) groups excluding carboxylic acids is 2. The monoisotopic (exact) mass is 295 g/mol. The third kappa shape index (κ3) is 4.70. The van der Waals surface area contributed by atoms with Gasteiger partial charge in [-0.2, -0.15) is 0 Å². The lowest BCUT2D eigenvalue weighted by Gasteiger charge is -2.17. The fourth-order valence-electron chi connectivity index (χ4n) is 1.29. The summed E-state index contributed by atoms with van der Waals surface area (Å²) >= 11 is 1.06. The Balaban J connectivity index is 2.54. The molecule has 5 nitrogen and oxygen atoms in total. The summed E-state index contributed by atoms with van der Waals surface area (Å²) in [6.07, 6.45) is 0. The Morgan fingerprint density at radius 2 is 1.75 bits per heavy atom. The SMILES string of the molecule is CC(=O)c1ccc(NC(=O)CSC(C)(C)C(=O)O)cc1. The van der Waals surface area contributed by atoms with Crippen molar-refractivity contribution >= 4 is 35.1 Å². The highest BCUT2D eigenvalue weighted by molar-refractivity contribution is 8.02. The Kier molecular flexibility index (Phi) is 5.33. The number of anilines is 1. The molecule has 0 spiro atoms. The van der Waals surface area contributed by atoms with Crippen LogP contribution in [0.4, 0.5) is 5.69 Å². The second-order valence-corrected chi connectivity index (χ2v) is 6.38. The maximum atomic E-state index is 11.7. The van der Waals surface area contributed by atoms with Gasteiger partial charge in [0.05, 0.1) is 5.75 Å². The number of rotatable bonds is 6. The minimum atomic E-state index is -1.00. The van der Waals surface area contributed by atoms with Crippen LogP contribution in [0.3, 0.4) is 0 Å². The Hall–Kier alpha value is -1.82. The molecule has 2 N–H and O–H groups in total. The van der Waals surface area contributed by atoms with Crippen LogP contribution in [-0.2, 0) is 9.59 Å². The van der Waals surface area contributed by atoms with Crippen molar-refractivity contribution in [2.24, 2.45) is 0 Å². The van der Waals surface area contributed by atoms with Crippen molar-refractivity contribution in [2.75, 3.05) is 11.1 Å². The van der Waals surface area contributed by atoms with E-state index in [0.717, 1.165) is 11.8 Å². The summed E-state index contributed by atoms with van der Waals surface area (Å²) in [5.41, 5.74) is 1.15. The van der Waals surface area contributed by atoms with Crippen LogP contribution in [0.25, 0.3) is 0 Å². The number of hydrogen-bond acceptors (Lipinski definition) is 4. The molecule has 1 aromatic rings. The first-order valence-electron chi connectivity index (χ1n) is 6.00. The molecule has 0 unspecified atom stereocenters. The molecule has 0 fully saturated rings. The van der Waals surface area contributed by atoms with Gasteiger partial charge in [0.25, 0.3) is 0 Å². The normalized spacial score (nSPS) is 10.9. The van der Waals surface area contributed by atoms with E-state index in [4.69, 9.17) is 5.11 Å². The molecule has 0 bridgehead atoms. The van der Waals surface area contributed by atoms with Gasteiger partial charge in [0.2, 0.25) is 5.91 Å². The number of carboxylic acids is 1. The topological polar surface area (TPSA) is 83.5 Å². The standard InChI is InChI=1S/C14H17NO4S/c1-9(16)10-4-6-11(7-5-10)15-12(17)8-20-14(2,3)13(18)19/h4-7H,8H2,1-3H3,(H,15,17)(H,18,19). The van der Waals surface area contributed by atoms with Crippen LogP contribution < -0.4 is 5.32 Å². The summed E-state index contributed by atoms with van der Waals surface area (Å²) in [4.78, 5) is 33.7. The van der Waals surface area contributed by atoms with E-state index < -0.39 is 10.7 Å². The molecule has 0 saturated carbocycles. The second-order valence-electron chi connectivity index (χ2n) is 4.79. The maximum Gasteiger partial charge on any atom is 0.319 e. The zero-order valence-electron chi connectivity index (χ0n) is 11.6. The first kappa shape index (κ1) is 16.2. The summed E-state index contributed by atoms with van der Waals surface area (Å²) in [5, 5.41) is 11.6. The minimum Gasteiger partial charge on any atom is -0.480 e. The molecule has 0 aromatic heterocycles. The molecule has 0 heterocycles. The summed E-state index contributed by atoms with van der Waals surface area (Å²) in [6, 6.07) is 6.54. The number of Topliss-reactive ketones (excluding diaryl/α,β-unsaturated/α-hetero) is 1. The third-order valence-corrected chi connectivity index (χ3v) is 3.96. The number of ketones is 1. The van der Waals surface area contributed by atoms with Crippen molar-refractivity contribution in [3.8, 4) is 0 Å². The largest absolute Gasteiger partial charge is 0.480 e. The lowest BCUT2D eigenvalue weighted by Crippen LogP contribution is -2.29. The van der Waals surface area contributed by atoms with Gasteiger partial charge in [-0.15, -0.1) is 11.8 Å². The van der Waals surface area contributed by atoms with Crippen LogP contribution >= 0.6 is 11.8 Å². The molecule has 1 amide bonds. The molecule has 1 aromatic carbocycles. The average Bonchev–Trinajstić information content (AvgIpc) is 2.37. The van der Waals surface area contributed by atoms with Crippen LogP contribution in [0.1, 0.15) is 31.1 Å². The minimum absolute atomic E-state index is 0.0401. The van der Waals surface area contributed by atoms with Crippen molar-refractivity contribution < 1.29 is 19.5 Å². The van der Waals surface area contributed by atoms with E-state index in [-0.39, 0.29) is 17.4 Å². The number of aliphatic carboxylic acids is 1. The van der Waals surface area contributed by atoms with E-state index in [2.05, 4.69) is 5.32 Å². The van der Waals surface area contributed by atoms with E-state index in [1.807, 2.05) is 0 Å². The van der Waals surface area contributed by atoms with Gasteiger partial charge >= 0.3 is 5.97 Å². The summed E-state index contributed by atoms with van der Waals surface area (Å²) in [7, 11) is 0. The molecule has 20 heavy (non-hydrogen) atoms. The number of carboxylic acid groups (broad SMARTS) is 1. The molecule has 6 heteroatoms. The highest BCUT2D eigenvalue weighted by Gasteiger charge is 2.28. The fraction of sp³-hybridized carbons (Fsp3) is 0.357. The molecule has 0 aliphatic rings. The van der Waals surface area contributed by atoms with E-state index in [1.165, 1.54) is 6.92 Å².